The third-order valence-corrected chi connectivity index (χ3v) is 4.24. The number of allylic oxidation sites excluding steroid dienone is 1. The molecule has 138 valence electrons. The van der Waals surface area contributed by atoms with Gasteiger partial charge in [-0.15, -0.1) is 0 Å². The third-order valence-electron chi connectivity index (χ3n) is 4.24. The lowest BCUT2D eigenvalue weighted by atomic mass is 10.1. The van der Waals surface area contributed by atoms with E-state index in [-0.39, 0.29) is 23.0 Å². The number of hydrogen-bond acceptors (Lipinski definition) is 5. The van der Waals surface area contributed by atoms with Gasteiger partial charge in [-0.3, -0.25) is 4.79 Å². The fourth-order valence-corrected chi connectivity index (χ4v) is 2.28. The number of hydrogen-bond donors (Lipinski definition) is 3. The lowest BCUT2D eigenvalue weighted by Gasteiger charge is -2.11. The number of ketones is 1. The number of carbonyl (C=O) groups is 1. The molecular weight excluding hydrogens is 332 g/mol. The van der Waals surface area contributed by atoms with Gasteiger partial charge < -0.3 is 20.1 Å². The van der Waals surface area contributed by atoms with Crippen molar-refractivity contribution in [1.29, 1.82) is 0 Å². The van der Waals surface area contributed by atoms with E-state index in [9.17, 15) is 20.1 Å². The largest absolute Gasteiger partial charge is 0.504 e. The second kappa shape index (κ2) is 8.94. The first-order valence-electron chi connectivity index (χ1n) is 8.61. The molecule has 0 saturated heterocycles. The van der Waals surface area contributed by atoms with E-state index in [2.05, 4.69) is 13.8 Å². The second-order valence-corrected chi connectivity index (χ2v) is 6.28. The molecule has 0 saturated carbocycles. The summed E-state index contributed by atoms with van der Waals surface area (Å²) in [6.45, 7) is 4.78. The highest BCUT2D eigenvalue weighted by atomic mass is 16.5. The summed E-state index contributed by atoms with van der Waals surface area (Å²) < 4.78 is 5.57. The smallest absolute Gasteiger partial charge is 0.185 e. The van der Waals surface area contributed by atoms with E-state index in [1.807, 2.05) is 0 Å². The second-order valence-electron chi connectivity index (χ2n) is 6.28. The standard InChI is InChI=1S/C21H24O5/c1-3-14(2)10-11-26-21-9-6-16(13-20(21)25)17(22)7-4-15-5-8-18(23)19(24)12-15/h4-9,12-14,23-25H,3,10-11H2,1-2H3/b7-4+. The van der Waals surface area contributed by atoms with E-state index in [0.717, 1.165) is 12.8 Å². The molecule has 0 amide bonds. The molecule has 5 nitrogen and oxygen atoms in total. The molecular formula is C21H24O5. The molecule has 0 aliphatic rings. The van der Waals surface area contributed by atoms with Crippen molar-refractivity contribution in [3.8, 4) is 23.0 Å². The van der Waals surface area contributed by atoms with Crippen LogP contribution < -0.4 is 4.74 Å². The Morgan fingerprint density at radius 1 is 1.08 bits per heavy atom. The van der Waals surface area contributed by atoms with E-state index >= 15 is 0 Å². The fraction of sp³-hybridized carbons (Fsp3) is 0.286. The Bertz CT molecular complexity index is 795. The van der Waals surface area contributed by atoms with Gasteiger partial charge in [0.1, 0.15) is 0 Å². The summed E-state index contributed by atoms with van der Waals surface area (Å²) in [5, 5.41) is 28.8. The highest BCUT2D eigenvalue weighted by Crippen LogP contribution is 2.28. The zero-order valence-electron chi connectivity index (χ0n) is 15.0. The molecule has 5 heteroatoms. The summed E-state index contributed by atoms with van der Waals surface area (Å²) in [5.41, 5.74) is 0.902. The zero-order valence-corrected chi connectivity index (χ0v) is 15.0. The molecule has 0 bridgehead atoms. The first-order valence-corrected chi connectivity index (χ1v) is 8.61. The molecule has 2 rings (SSSR count). The van der Waals surface area contributed by atoms with Crippen LogP contribution in [0.3, 0.4) is 0 Å². The zero-order chi connectivity index (χ0) is 19.1. The minimum absolute atomic E-state index is 0.0734. The predicted molar refractivity (Wildman–Crippen MR) is 101 cm³/mol. The average molecular weight is 356 g/mol. The van der Waals surface area contributed by atoms with E-state index in [1.165, 1.54) is 30.4 Å². The molecule has 1 atom stereocenters. The van der Waals surface area contributed by atoms with Crippen LogP contribution in [-0.4, -0.2) is 27.7 Å². The topological polar surface area (TPSA) is 87.0 Å². The first-order chi connectivity index (χ1) is 12.4. The van der Waals surface area contributed by atoms with Crippen LogP contribution in [0.15, 0.2) is 42.5 Å². The predicted octanol–water partition coefficient (Wildman–Crippen LogP) is 4.51. The highest BCUT2D eigenvalue weighted by Gasteiger charge is 2.09. The van der Waals surface area contributed by atoms with Crippen LogP contribution in [0.4, 0.5) is 0 Å². The molecule has 0 heterocycles. The monoisotopic (exact) mass is 356 g/mol. The molecule has 2 aromatic carbocycles. The number of benzene rings is 2. The molecule has 0 spiro atoms. The summed E-state index contributed by atoms with van der Waals surface area (Å²) in [6, 6.07) is 8.82. The summed E-state index contributed by atoms with van der Waals surface area (Å²) in [4.78, 5) is 12.2. The van der Waals surface area contributed by atoms with Crippen molar-refractivity contribution < 1.29 is 24.9 Å². The van der Waals surface area contributed by atoms with Gasteiger partial charge in [0.15, 0.2) is 28.8 Å². The lowest BCUT2D eigenvalue weighted by molar-refractivity contribution is 0.104. The van der Waals surface area contributed by atoms with Gasteiger partial charge in [0.05, 0.1) is 6.61 Å². The molecule has 3 N–H and O–H groups in total. The Kier molecular flexibility index (Phi) is 6.67. The van der Waals surface area contributed by atoms with Crippen LogP contribution in [0.2, 0.25) is 0 Å². The minimum Gasteiger partial charge on any atom is -0.504 e. The maximum Gasteiger partial charge on any atom is 0.185 e. The van der Waals surface area contributed by atoms with Crippen LogP contribution in [0.5, 0.6) is 23.0 Å². The van der Waals surface area contributed by atoms with Crippen molar-refractivity contribution in [3.63, 3.8) is 0 Å². The van der Waals surface area contributed by atoms with E-state index < -0.39 is 0 Å². The van der Waals surface area contributed by atoms with Gasteiger partial charge in [-0.05, 0) is 54.3 Å². The van der Waals surface area contributed by atoms with E-state index in [4.69, 9.17) is 4.74 Å². The average Bonchev–Trinajstić information content (AvgIpc) is 2.63. The number of ether oxygens (including phenoxy) is 1. The number of rotatable bonds is 8. The molecule has 26 heavy (non-hydrogen) atoms. The molecule has 2 aromatic rings. The number of aromatic hydroxyl groups is 3. The highest BCUT2D eigenvalue weighted by molar-refractivity contribution is 6.07. The van der Waals surface area contributed by atoms with Crippen LogP contribution in [0.1, 0.15) is 42.6 Å². The van der Waals surface area contributed by atoms with Crippen LogP contribution >= 0.6 is 0 Å². The Labute approximate surface area is 153 Å². The van der Waals surface area contributed by atoms with Gasteiger partial charge in [0.2, 0.25) is 0 Å². The summed E-state index contributed by atoms with van der Waals surface area (Å²) in [5.74, 6) is 0.0768. The van der Waals surface area contributed by atoms with Crippen molar-refractivity contribution in [3.05, 3.63) is 53.6 Å². The van der Waals surface area contributed by atoms with Crippen molar-refractivity contribution in [2.45, 2.75) is 26.7 Å². The number of phenolic OH excluding ortho intramolecular Hbond substituents is 3. The third kappa shape index (κ3) is 5.28. The van der Waals surface area contributed by atoms with Gasteiger partial charge >= 0.3 is 0 Å². The van der Waals surface area contributed by atoms with E-state index in [1.54, 1.807) is 18.2 Å². The SMILES string of the molecule is CCC(C)CCOc1ccc(C(=O)/C=C/c2ccc(O)c(O)c2)cc1O. The Morgan fingerprint density at radius 3 is 2.50 bits per heavy atom. The van der Waals surface area contributed by atoms with Gasteiger partial charge in [0, 0.05) is 5.56 Å². The summed E-state index contributed by atoms with van der Waals surface area (Å²) >= 11 is 0. The minimum atomic E-state index is -0.293. The lowest BCUT2D eigenvalue weighted by Crippen LogP contribution is -2.04. The fourth-order valence-electron chi connectivity index (χ4n) is 2.28. The summed E-state index contributed by atoms with van der Waals surface area (Å²) in [7, 11) is 0. The molecule has 0 aliphatic heterocycles. The number of phenols is 3. The summed E-state index contributed by atoms with van der Waals surface area (Å²) in [6.07, 6.45) is 4.84. The maximum absolute atomic E-state index is 12.2. The van der Waals surface area contributed by atoms with Crippen LogP contribution in [-0.2, 0) is 0 Å². The van der Waals surface area contributed by atoms with Crippen molar-refractivity contribution in [1.82, 2.24) is 0 Å². The maximum atomic E-state index is 12.2. The Balaban J connectivity index is 2.01. The van der Waals surface area contributed by atoms with Crippen LogP contribution in [0, 0.1) is 5.92 Å². The Morgan fingerprint density at radius 2 is 1.85 bits per heavy atom. The van der Waals surface area contributed by atoms with Crippen molar-refractivity contribution in [2.24, 2.45) is 5.92 Å². The van der Waals surface area contributed by atoms with Crippen molar-refractivity contribution in [2.75, 3.05) is 6.61 Å². The molecule has 0 aromatic heterocycles. The first kappa shape index (κ1) is 19.4. The van der Waals surface area contributed by atoms with E-state index in [0.29, 0.717) is 29.4 Å². The number of carbonyl (C=O) groups excluding carboxylic acids is 1. The van der Waals surface area contributed by atoms with Gasteiger partial charge in [0.25, 0.3) is 0 Å². The van der Waals surface area contributed by atoms with Crippen molar-refractivity contribution >= 4 is 11.9 Å². The van der Waals surface area contributed by atoms with Crippen LogP contribution in [0.25, 0.3) is 6.08 Å². The Hall–Kier alpha value is -2.95. The molecule has 0 radical (unpaired) electrons. The normalized spacial score (nSPS) is 12.2. The quantitative estimate of drug-likeness (QED) is 0.368. The molecule has 1 unspecified atom stereocenters. The molecule has 0 aliphatic carbocycles. The van der Waals surface area contributed by atoms with Gasteiger partial charge in [-0.1, -0.05) is 32.4 Å². The van der Waals surface area contributed by atoms with Gasteiger partial charge in [-0.25, -0.2) is 0 Å². The van der Waals surface area contributed by atoms with Gasteiger partial charge in [-0.2, -0.15) is 0 Å². The molecule has 0 fully saturated rings.